The van der Waals surface area contributed by atoms with Gasteiger partial charge in [-0.3, -0.25) is 0 Å². The summed E-state index contributed by atoms with van der Waals surface area (Å²) in [6, 6.07) is 24.9. The Morgan fingerprint density at radius 1 is 0.450 bits per heavy atom. The lowest BCUT2D eigenvalue weighted by Gasteiger charge is -2.07. The van der Waals surface area contributed by atoms with Crippen molar-refractivity contribution in [3.05, 3.63) is 72.8 Å². The predicted octanol–water partition coefficient (Wildman–Crippen LogP) is 5.60. The van der Waals surface area contributed by atoms with Crippen molar-refractivity contribution in [2.45, 2.75) is 9.79 Å². The second-order valence-electron chi connectivity index (χ2n) is 4.68. The van der Waals surface area contributed by atoms with Gasteiger partial charge in [-0.15, -0.1) is 25.3 Å². The van der Waals surface area contributed by atoms with Gasteiger partial charge in [0.15, 0.2) is 0 Å². The number of hydrogen-bond acceptors (Lipinski definition) is 2. The van der Waals surface area contributed by atoms with Crippen molar-refractivity contribution in [3.8, 4) is 22.3 Å². The molecule has 0 N–H and O–H groups in total. The quantitative estimate of drug-likeness (QED) is 0.565. The van der Waals surface area contributed by atoms with E-state index in [2.05, 4.69) is 73.8 Å². The molecule has 0 heterocycles. The van der Waals surface area contributed by atoms with Gasteiger partial charge >= 0.3 is 0 Å². The van der Waals surface area contributed by atoms with Gasteiger partial charge in [0.05, 0.1) is 0 Å². The van der Waals surface area contributed by atoms with Gasteiger partial charge in [-0.1, -0.05) is 42.5 Å². The Labute approximate surface area is 130 Å². The summed E-state index contributed by atoms with van der Waals surface area (Å²) in [6.45, 7) is 0. The number of rotatable bonds is 2. The molecule has 0 amide bonds. The largest absolute Gasteiger partial charge is 0.143 e. The van der Waals surface area contributed by atoms with Crippen molar-refractivity contribution in [1.82, 2.24) is 0 Å². The van der Waals surface area contributed by atoms with Gasteiger partial charge in [-0.05, 0) is 52.6 Å². The fraction of sp³-hybridized carbons (Fsp3) is 0. The number of benzene rings is 3. The molecule has 0 nitrogen and oxygen atoms in total. The summed E-state index contributed by atoms with van der Waals surface area (Å²) in [7, 11) is 0. The van der Waals surface area contributed by atoms with Crippen LogP contribution in [0.5, 0.6) is 0 Å². The van der Waals surface area contributed by atoms with Gasteiger partial charge in [0.25, 0.3) is 0 Å². The molecule has 0 saturated heterocycles. The Hall–Kier alpha value is -1.64. The van der Waals surface area contributed by atoms with Crippen LogP contribution in [0.1, 0.15) is 0 Å². The standard InChI is InChI=1S/C18H14S2/c19-17-8-2-6-15(11-17)13-4-1-5-14(10-13)16-7-3-9-18(20)12-16/h1-12,19-20H. The smallest absolute Gasteiger partial charge is 0.00461 e. The van der Waals surface area contributed by atoms with Crippen molar-refractivity contribution in [1.29, 1.82) is 0 Å². The average molecular weight is 294 g/mol. The minimum absolute atomic E-state index is 0.977. The van der Waals surface area contributed by atoms with Gasteiger partial charge in [-0.25, -0.2) is 0 Å². The zero-order valence-electron chi connectivity index (χ0n) is 10.8. The topological polar surface area (TPSA) is 0 Å². The average Bonchev–Trinajstić information content (AvgIpc) is 2.47. The van der Waals surface area contributed by atoms with Crippen LogP contribution >= 0.6 is 25.3 Å². The van der Waals surface area contributed by atoms with Crippen LogP contribution in [0.25, 0.3) is 22.3 Å². The minimum Gasteiger partial charge on any atom is -0.143 e. The molecule has 0 aliphatic rings. The van der Waals surface area contributed by atoms with E-state index in [9.17, 15) is 0 Å². The Kier molecular flexibility index (Phi) is 3.86. The normalized spacial score (nSPS) is 10.5. The lowest BCUT2D eigenvalue weighted by atomic mass is 9.99. The predicted molar refractivity (Wildman–Crippen MR) is 91.8 cm³/mol. The van der Waals surface area contributed by atoms with E-state index in [0.717, 1.165) is 9.79 Å². The van der Waals surface area contributed by atoms with Crippen molar-refractivity contribution in [2.24, 2.45) is 0 Å². The lowest BCUT2D eigenvalue weighted by Crippen LogP contribution is -1.82. The molecule has 0 radical (unpaired) electrons. The summed E-state index contributed by atoms with van der Waals surface area (Å²) >= 11 is 8.81. The Morgan fingerprint density at radius 2 is 0.800 bits per heavy atom. The van der Waals surface area contributed by atoms with Gasteiger partial charge in [0, 0.05) is 9.79 Å². The third-order valence-electron chi connectivity index (χ3n) is 3.22. The van der Waals surface area contributed by atoms with Crippen LogP contribution in [0.3, 0.4) is 0 Å². The molecule has 0 spiro atoms. The highest BCUT2D eigenvalue weighted by Gasteiger charge is 2.02. The first-order valence-electron chi connectivity index (χ1n) is 6.41. The van der Waals surface area contributed by atoms with E-state index in [4.69, 9.17) is 0 Å². The van der Waals surface area contributed by atoms with E-state index in [1.807, 2.05) is 24.3 Å². The van der Waals surface area contributed by atoms with Gasteiger partial charge in [-0.2, -0.15) is 0 Å². The first-order chi connectivity index (χ1) is 9.72. The van der Waals surface area contributed by atoms with Crippen LogP contribution < -0.4 is 0 Å². The summed E-state index contributed by atoms with van der Waals surface area (Å²) in [4.78, 5) is 1.95. The molecule has 2 heteroatoms. The summed E-state index contributed by atoms with van der Waals surface area (Å²) in [6.07, 6.45) is 0. The SMILES string of the molecule is Sc1cccc(-c2cccc(-c3cccc(S)c3)c2)c1. The van der Waals surface area contributed by atoms with Crippen molar-refractivity contribution in [2.75, 3.05) is 0 Å². The maximum Gasteiger partial charge on any atom is 0.00461 e. The first-order valence-corrected chi connectivity index (χ1v) is 7.31. The monoisotopic (exact) mass is 294 g/mol. The Morgan fingerprint density at radius 3 is 1.20 bits per heavy atom. The third-order valence-corrected chi connectivity index (χ3v) is 3.78. The van der Waals surface area contributed by atoms with Crippen molar-refractivity contribution < 1.29 is 0 Å². The van der Waals surface area contributed by atoms with E-state index in [1.54, 1.807) is 0 Å². The van der Waals surface area contributed by atoms with E-state index >= 15 is 0 Å². The van der Waals surface area contributed by atoms with E-state index in [-0.39, 0.29) is 0 Å². The Bertz CT molecular complexity index is 687. The highest BCUT2D eigenvalue weighted by Crippen LogP contribution is 2.28. The van der Waals surface area contributed by atoms with Crippen LogP contribution in [0.15, 0.2) is 82.6 Å². The molecule has 0 unspecified atom stereocenters. The van der Waals surface area contributed by atoms with Crippen LogP contribution in [0, 0.1) is 0 Å². The molecule has 0 bridgehead atoms. The van der Waals surface area contributed by atoms with Crippen LogP contribution in [-0.4, -0.2) is 0 Å². The maximum atomic E-state index is 4.40. The van der Waals surface area contributed by atoms with E-state index < -0.39 is 0 Å². The molecule has 3 aromatic carbocycles. The van der Waals surface area contributed by atoms with Crippen LogP contribution in [-0.2, 0) is 0 Å². The molecule has 3 rings (SSSR count). The van der Waals surface area contributed by atoms with Crippen molar-refractivity contribution in [3.63, 3.8) is 0 Å². The first kappa shape index (κ1) is 13.3. The van der Waals surface area contributed by atoms with Gasteiger partial charge in [0.2, 0.25) is 0 Å². The minimum atomic E-state index is 0.977. The lowest BCUT2D eigenvalue weighted by molar-refractivity contribution is 1.45. The number of hydrogen-bond donors (Lipinski definition) is 2. The van der Waals surface area contributed by atoms with Gasteiger partial charge in [0.1, 0.15) is 0 Å². The Balaban J connectivity index is 2.06. The highest BCUT2D eigenvalue weighted by molar-refractivity contribution is 7.80. The van der Waals surface area contributed by atoms with E-state index in [1.165, 1.54) is 22.3 Å². The second-order valence-corrected chi connectivity index (χ2v) is 5.71. The molecule has 0 saturated carbocycles. The van der Waals surface area contributed by atoms with Crippen LogP contribution in [0.2, 0.25) is 0 Å². The summed E-state index contributed by atoms with van der Waals surface area (Å²) < 4.78 is 0. The second kappa shape index (κ2) is 5.78. The molecule has 0 aromatic heterocycles. The van der Waals surface area contributed by atoms with Gasteiger partial charge < -0.3 is 0 Å². The molecular weight excluding hydrogens is 280 g/mol. The summed E-state index contributed by atoms with van der Waals surface area (Å²) in [5.41, 5.74) is 4.76. The molecule has 0 aliphatic heterocycles. The molecule has 0 fully saturated rings. The van der Waals surface area contributed by atoms with Crippen molar-refractivity contribution >= 4 is 25.3 Å². The fourth-order valence-electron chi connectivity index (χ4n) is 2.25. The summed E-state index contributed by atoms with van der Waals surface area (Å²) in [5.74, 6) is 0. The fourth-order valence-corrected chi connectivity index (χ4v) is 2.70. The zero-order valence-corrected chi connectivity index (χ0v) is 12.6. The molecule has 98 valence electrons. The molecule has 0 aliphatic carbocycles. The molecular formula is C18H14S2. The summed E-state index contributed by atoms with van der Waals surface area (Å²) in [5, 5.41) is 0. The molecule has 0 atom stereocenters. The van der Waals surface area contributed by atoms with E-state index in [0.29, 0.717) is 0 Å². The molecule has 20 heavy (non-hydrogen) atoms. The molecule has 3 aromatic rings. The van der Waals surface area contributed by atoms with Crippen LogP contribution in [0.4, 0.5) is 0 Å². The highest BCUT2D eigenvalue weighted by atomic mass is 32.1. The number of thiol groups is 2. The maximum absolute atomic E-state index is 4.40. The zero-order chi connectivity index (χ0) is 13.9. The third kappa shape index (κ3) is 2.92.